The fraction of sp³-hybridized carbons (Fsp3) is 0.533. The standard InChI is InChI=1S/C15H21NO4/c1-15(18,12-6-4-3-5-7-12)11-16-8-9-20-13(10-16)14(17)19-2/h3-7,13,18H,8-11H2,1-2H3. The predicted octanol–water partition coefficient (Wildman–Crippen LogP) is 0.768. The molecule has 0 radical (unpaired) electrons. The number of ether oxygens (including phenoxy) is 2. The summed E-state index contributed by atoms with van der Waals surface area (Å²) in [4.78, 5) is 13.5. The Bertz CT molecular complexity index is 446. The van der Waals surface area contributed by atoms with Gasteiger partial charge in [-0.1, -0.05) is 30.3 Å². The third kappa shape index (κ3) is 3.56. The molecule has 2 atom stereocenters. The van der Waals surface area contributed by atoms with Gasteiger partial charge in [0.15, 0.2) is 6.10 Å². The summed E-state index contributed by atoms with van der Waals surface area (Å²) in [6.07, 6.45) is -0.569. The maximum absolute atomic E-state index is 11.5. The zero-order valence-electron chi connectivity index (χ0n) is 11.9. The van der Waals surface area contributed by atoms with Gasteiger partial charge >= 0.3 is 5.97 Å². The van der Waals surface area contributed by atoms with Crippen LogP contribution in [0.3, 0.4) is 0 Å². The largest absolute Gasteiger partial charge is 0.467 e. The molecule has 0 bridgehead atoms. The first-order valence-electron chi connectivity index (χ1n) is 6.72. The molecule has 0 saturated carbocycles. The highest BCUT2D eigenvalue weighted by Gasteiger charge is 2.32. The van der Waals surface area contributed by atoms with Gasteiger partial charge in [-0.3, -0.25) is 4.90 Å². The van der Waals surface area contributed by atoms with E-state index in [1.54, 1.807) is 6.92 Å². The number of rotatable bonds is 4. The molecule has 1 N–H and O–H groups in total. The molecule has 0 amide bonds. The highest BCUT2D eigenvalue weighted by molar-refractivity contribution is 5.74. The Balaban J connectivity index is 2.00. The number of hydrogen-bond donors (Lipinski definition) is 1. The van der Waals surface area contributed by atoms with Gasteiger partial charge in [0.05, 0.1) is 19.3 Å². The first kappa shape index (κ1) is 15.0. The van der Waals surface area contributed by atoms with Crippen LogP contribution in [-0.2, 0) is 19.9 Å². The Morgan fingerprint density at radius 1 is 1.50 bits per heavy atom. The molecule has 0 spiro atoms. The molecular weight excluding hydrogens is 258 g/mol. The monoisotopic (exact) mass is 279 g/mol. The molecule has 0 aliphatic carbocycles. The molecule has 2 unspecified atom stereocenters. The van der Waals surface area contributed by atoms with E-state index in [4.69, 9.17) is 9.47 Å². The molecule has 5 heteroatoms. The number of esters is 1. The number of nitrogens with zero attached hydrogens (tertiary/aromatic N) is 1. The van der Waals surface area contributed by atoms with Gasteiger partial charge in [0.1, 0.15) is 0 Å². The van der Waals surface area contributed by atoms with Gasteiger partial charge in [0.2, 0.25) is 0 Å². The zero-order chi connectivity index (χ0) is 14.6. The van der Waals surface area contributed by atoms with E-state index in [0.717, 1.165) is 5.56 Å². The van der Waals surface area contributed by atoms with Crippen molar-refractivity contribution in [3.8, 4) is 0 Å². The van der Waals surface area contributed by atoms with Crippen LogP contribution in [0.15, 0.2) is 30.3 Å². The van der Waals surface area contributed by atoms with Crippen molar-refractivity contribution < 1.29 is 19.4 Å². The van der Waals surface area contributed by atoms with Crippen molar-refractivity contribution in [2.24, 2.45) is 0 Å². The molecule has 5 nitrogen and oxygen atoms in total. The van der Waals surface area contributed by atoms with Crippen LogP contribution in [0.2, 0.25) is 0 Å². The normalized spacial score (nSPS) is 23.1. The zero-order valence-corrected chi connectivity index (χ0v) is 11.9. The van der Waals surface area contributed by atoms with E-state index in [9.17, 15) is 9.90 Å². The fourth-order valence-corrected chi connectivity index (χ4v) is 2.44. The molecule has 1 saturated heterocycles. The summed E-state index contributed by atoms with van der Waals surface area (Å²) in [5.41, 5.74) is -0.0969. The highest BCUT2D eigenvalue weighted by Crippen LogP contribution is 2.22. The van der Waals surface area contributed by atoms with E-state index in [0.29, 0.717) is 26.2 Å². The van der Waals surface area contributed by atoms with Crippen LogP contribution in [0.25, 0.3) is 0 Å². The minimum atomic E-state index is -0.959. The van der Waals surface area contributed by atoms with Crippen LogP contribution in [-0.4, -0.2) is 55.4 Å². The Labute approximate surface area is 119 Å². The van der Waals surface area contributed by atoms with Crippen molar-refractivity contribution in [1.82, 2.24) is 4.90 Å². The van der Waals surface area contributed by atoms with Crippen LogP contribution < -0.4 is 0 Å². The molecule has 1 aliphatic rings. The maximum Gasteiger partial charge on any atom is 0.336 e. The summed E-state index contributed by atoms with van der Waals surface area (Å²) in [5, 5.41) is 10.6. The predicted molar refractivity (Wildman–Crippen MR) is 74.2 cm³/mol. The lowest BCUT2D eigenvalue weighted by atomic mass is 9.95. The first-order chi connectivity index (χ1) is 9.53. The molecule has 1 fully saturated rings. The summed E-state index contributed by atoms with van der Waals surface area (Å²) in [7, 11) is 1.35. The Morgan fingerprint density at radius 3 is 2.85 bits per heavy atom. The van der Waals surface area contributed by atoms with E-state index in [1.807, 2.05) is 35.2 Å². The second-order valence-corrected chi connectivity index (χ2v) is 5.26. The quantitative estimate of drug-likeness (QED) is 0.825. The second-order valence-electron chi connectivity index (χ2n) is 5.26. The lowest BCUT2D eigenvalue weighted by Crippen LogP contribution is -2.50. The van der Waals surface area contributed by atoms with Gasteiger partial charge in [-0.05, 0) is 12.5 Å². The van der Waals surface area contributed by atoms with Crippen LogP contribution >= 0.6 is 0 Å². The Morgan fingerprint density at radius 2 is 2.20 bits per heavy atom. The summed E-state index contributed by atoms with van der Waals surface area (Å²) < 4.78 is 10.1. The van der Waals surface area contributed by atoms with E-state index in [-0.39, 0.29) is 5.97 Å². The van der Waals surface area contributed by atoms with Crippen molar-refractivity contribution >= 4 is 5.97 Å². The molecule has 1 heterocycles. The average molecular weight is 279 g/mol. The van der Waals surface area contributed by atoms with E-state index >= 15 is 0 Å². The maximum atomic E-state index is 11.5. The smallest absolute Gasteiger partial charge is 0.336 e. The Kier molecular flexibility index (Phi) is 4.75. The van der Waals surface area contributed by atoms with Crippen LogP contribution in [0, 0.1) is 0 Å². The number of β-amino-alcohol motifs (C(OH)–C–C–N with tert-alkyl or cyclic N) is 1. The number of morpholine rings is 1. The topological polar surface area (TPSA) is 59.0 Å². The van der Waals surface area contributed by atoms with Crippen molar-refractivity contribution in [2.45, 2.75) is 18.6 Å². The van der Waals surface area contributed by atoms with Gasteiger partial charge in [-0.2, -0.15) is 0 Å². The van der Waals surface area contributed by atoms with Gasteiger partial charge in [0, 0.05) is 19.6 Å². The number of hydrogen-bond acceptors (Lipinski definition) is 5. The molecule has 110 valence electrons. The molecule has 1 aromatic rings. The van der Waals surface area contributed by atoms with Crippen molar-refractivity contribution in [3.63, 3.8) is 0 Å². The van der Waals surface area contributed by atoms with E-state index in [1.165, 1.54) is 7.11 Å². The van der Waals surface area contributed by atoms with E-state index in [2.05, 4.69) is 0 Å². The number of carbonyl (C=O) groups excluding carboxylic acids is 1. The summed E-state index contributed by atoms with van der Waals surface area (Å²) in [5.74, 6) is -0.367. The summed E-state index contributed by atoms with van der Waals surface area (Å²) in [6, 6.07) is 9.53. The summed E-state index contributed by atoms with van der Waals surface area (Å²) >= 11 is 0. The van der Waals surface area contributed by atoms with Gasteiger partial charge < -0.3 is 14.6 Å². The van der Waals surface area contributed by atoms with Crippen LogP contribution in [0.1, 0.15) is 12.5 Å². The molecule has 2 rings (SSSR count). The van der Waals surface area contributed by atoms with Gasteiger partial charge in [0.25, 0.3) is 0 Å². The minimum absolute atomic E-state index is 0.367. The van der Waals surface area contributed by atoms with Crippen molar-refractivity contribution in [2.75, 3.05) is 33.4 Å². The van der Waals surface area contributed by atoms with Crippen LogP contribution in [0.4, 0.5) is 0 Å². The lowest BCUT2D eigenvalue weighted by Gasteiger charge is -2.36. The molecule has 1 aliphatic heterocycles. The Hall–Kier alpha value is -1.43. The first-order valence-corrected chi connectivity index (χ1v) is 6.72. The SMILES string of the molecule is COC(=O)C1CN(CC(C)(O)c2ccccc2)CCO1. The second kappa shape index (κ2) is 6.35. The molecule has 20 heavy (non-hydrogen) atoms. The van der Waals surface area contributed by atoms with Crippen LogP contribution in [0.5, 0.6) is 0 Å². The van der Waals surface area contributed by atoms with Gasteiger partial charge in [-0.15, -0.1) is 0 Å². The van der Waals surface area contributed by atoms with Gasteiger partial charge in [-0.25, -0.2) is 4.79 Å². The highest BCUT2D eigenvalue weighted by atomic mass is 16.6. The third-order valence-electron chi connectivity index (χ3n) is 3.54. The molecular formula is C15H21NO4. The number of aliphatic hydroxyl groups is 1. The minimum Gasteiger partial charge on any atom is -0.467 e. The van der Waals surface area contributed by atoms with Crippen molar-refractivity contribution in [1.29, 1.82) is 0 Å². The van der Waals surface area contributed by atoms with Crippen molar-refractivity contribution in [3.05, 3.63) is 35.9 Å². The third-order valence-corrected chi connectivity index (χ3v) is 3.54. The number of carbonyl (C=O) groups is 1. The van der Waals surface area contributed by atoms with E-state index < -0.39 is 11.7 Å². The number of benzene rings is 1. The molecule has 1 aromatic carbocycles. The molecule has 0 aromatic heterocycles. The summed E-state index contributed by atoms with van der Waals surface area (Å²) in [6.45, 7) is 3.83. The average Bonchev–Trinajstić information content (AvgIpc) is 2.47. The number of methoxy groups -OCH3 is 1. The lowest BCUT2D eigenvalue weighted by molar-refractivity contribution is -0.161. The fourth-order valence-electron chi connectivity index (χ4n) is 2.44.